The Morgan fingerprint density at radius 1 is 1.58 bits per heavy atom. The molecule has 0 aliphatic heterocycles. The molecule has 0 saturated carbocycles. The predicted molar refractivity (Wildman–Crippen MR) is 45.9 cm³/mol. The molecule has 70 valence electrons. The van der Waals surface area contributed by atoms with Crippen LogP contribution in [-0.2, 0) is 4.79 Å². The summed E-state index contributed by atoms with van der Waals surface area (Å²) in [5, 5.41) is 20.1. The highest BCUT2D eigenvalue weighted by Crippen LogP contribution is 2.00. The second-order valence-electron chi connectivity index (χ2n) is 3.08. The predicted octanol–water partition coefficient (Wildman–Crippen LogP) is -0.0123. The van der Waals surface area contributed by atoms with Crippen LogP contribution in [0.15, 0.2) is 12.2 Å². The summed E-state index contributed by atoms with van der Waals surface area (Å²) < 4.78 is 0. The van der Waals surface area contributed by atoms with E-state index in [1.165, 1.54) is 0 Å². The Bertz CT molecular complexity index is 170. The molecule has 0 aromatic rings. The van der Waals surface area contributed by atoms with Crippen molar-refractivity contribution < 1.29 is 15.0 Å². The van der Waals surface area contributed by atoms with Gasteiger partial charge in [0, 0.05) is 6.54 Å². The number of aliphatic hydroxyl groups is 1. The van der Waals surface area contributed by atoms with Crippen molar-refractivity contribution >= 4 is 5.97 Å². The Kier molecular flexibility index (Phi) is 4.54. The van der Waals surface area contributed by atoms with Gasteiger partial charge in [0.25, 0.3) is 0 Å². The van der Waals surface area contributed by atoms with Gasteiger partial charge in [-0.05, 0) is 13.8 Å². The summed E-state index contributed by atoms with van der Waals surface area (Å²) in [6.07, 6.45) is 3.31. The first-order valence-electron chi connectivity index (χ1n) is 3.74. The maximum atomic E-state index is 10.0. The Morgan fingerprint density at radius 2 is 2.17 bits per heavy atom. The van der Waals surface area contributed by atoms with Crippen LogP contribution in [0.5, 0.6) is 0 Å². The van der Waals surface area contributed by atoms with Gasteiger partial charge in [0.2, 0.25) is 0 Å². The van der Waals surface area contributed by atoms with E-state index in [0.29, 0.717) is 6.54 Å². The fraction of sp³-hybridized carbons (Fsp3) is 0.625. The molecule has 3 N–H and O–H groups in total. The smallest absolute Gasteiger partial charge is 0.317 e. The molecule has 0 spiro atoms. The Labute approximate surface area is 71.9 Å². The zero-order valence-electron chi connectivity index (χ0n) is 7.37. The van der Waals surface area contributed by atoms with Gasteiger partial charge in [0.05, 0.1) is 12.1 Å². The molecule has 0 unspecified atom stereocenters. The van der Waals surface area contributed by atoms with Gasteiger partial charge in [0.15, 0.2) is 0 Å². The van der Waals surface area contributed by atoms with Gasteiger partial charge in [-0.25, -0.2) is 0 Å². The summed E-state index contributed by atoms with van der Waals surface area (Å²) in [6, 6.07) is 0. The van der Waals surface area contributed by atoms with Crippen LogP contribution in [-0.4, -0.2) is 34.9 Å². The molecule has 0 heterocycles. The van der Waals surface area contributed by atoms with E-state index in [-0.39, 0.29) is 6.54 Å². The minimum Gasteiger partial charge on any atom is -0.480 e. The van der Waals surface area contributed by atoms with Crippen molar-refractivity contribution in [2.24, 2.45) is 0 Å². The lowest BCUT2D eigenvalue weighted by Gasteiger charge is -2.09. The molecular weight excluding hydrogens is 158 g/mol. The van der Waals surface area contributed by atoms with E-state index < -0.39 is 11.6 Å². The molecule has 4 nitrogen and oxygen atoms in total. The monoisotopic (exact) mass is 173 g/mol. The van der Waals surface area contributed by atoms with Crippen LogP contribution < -0.4 is 5.32 Å². The van der Waals surface area contributed by atoms with Gasteiger partial charge < -0.3 is 15.5 Å². The number of carbonyl (C=O) groups is 1. The third-order valence-corrected chi connectivity index (χ3v) is 1.06. The Balaban J connectivity index is 3.43. The van der Waals surface area contributed by atoms with E-state index >= 15 is 0 Å². The third kappa shape index (κ3) is 9.13. The Hall–Kier alpha value is -0.870. The van der Waals surface area contributed by atoms with Crippen molar-refractivity contribution in [2.45, 2.75) is 19.4 Å². The standard InChI is InChI=1S/C8H15NO3/c1-8(2,12)4-3-5-9-6-7(10)11/h3-4,9,12H,5-6H2,1-2H3,(H,10,11)/b4-3+. The first kappa shape index (κ1) is 11.1. The zero-order chi connectivity index (χ0) is 9.61. The average molecular weight is 173 g/mol. The molecule has 12 heavy (non-hydrogen) atoms. The highest BCUT2D eigenvalue weighted by Gasteiger charge is 2.04. The highest BCUT2D eigenvalue weighted by molar-refractivity contribution is 5.68. The minimum absolute atomic E-state index is 0.0593. The van der Waals surface area contributed by atoms with Gasteiger partial charge in [-0.15, -0.1) is 0 Å². The summed E-state index contributed by atoms with van der Waals surface area (Å²) >= 11 is 0. The number of rotatable bonds is 5. The molecule has 0 amide bonds. The largest absolute Gasteiger partial charge is 0.480 e. The first-order chi connectivity index (χ1) is 5.42. The maximum Gasteiger partial charge on any atom is 0.317 e. The van der Waals surface area contributed by atoms with Crippen LogP contribution in [0.4, 0.5) is 0 Å². The molecule has 0 aromatic carbocycles. The van der Waals surface area contributed by atoms with Crippen molar-refractivity contribution in [1.82, 2.24) is 5.32 Å². The van der Waals surface area contributed by atoms with Crippen molar-refractivity contribution in [3.63, 3.8) is 0 Å². The van der Waals surface area contributed by atoms with Crippen molar-refractivity contribution in [2.75, 3.05) is 13.1 Å². The van der Waals surface area contributed by atoms with Crippen LogP contribution in [0.3, 0.4) is 0 Å². The topological polar surface area (TPSA) is 69.6 Å². The molecule has 0 rings (SSSR count). The second-order valence-corrected chi connectivity index (χ2v) is 3.08. The molecule has 0 aromatic heterocycles. The van der Waals surface area contributed by atoms with Crippen LogP contribution in [0, 0.1) is 0 Å². The van der Waals surface area contributed by atoms with Crippen molar-refractivity contribution in [1.29, 1.82) is 0 Å². The van der Waals surface area contributed by atoms with E-state index in [9.17, 15) is 9.90 Å². The molecule has 0 aliphatic carbocycles. The van der Waals surface area contributed by atoms with E-state index in [4.69, 9.17) is 5.11 Å². The molecular formula is C8H15NO3. The SMILES string of the molecule is CC(C)(O)/C=C/CNCC(=O)O. The normalized spacial score (nSPS) is 12.2. The molecule has 0 atom stereocenters. The van der Waals surface area contributed by atoms with Gasteiger partial charge in [-0.3, -0.25) is 4.79 Å². The van der Waals surface area contributed by atoms with Crippen LogP contribution in [0.25, 0.3) is 0 Å². The van der Waals surface area contributed by atoms with Gasteiger partial charge in [-0.2, -0.15) is 0 Å². The lowest BCUT2D eigenvalue weighted by molar-refractivity contribution is -0.135. The molecule has 0 fully saturated rings. The van der Waals surface area contributed by atoms with Crippen LogP contribution >= 0.6 is 0 Å². The lowest BCUT2D eigenvalue weighted by atomic mass is 10.1. The van der Waals surface area contributed by atoms with E-state index in [0.717, 1.165) is 0 Å². The summed E-state index contributed by atoms with van der Waals surface area (Å²) in [6.45, 7) is 3.70. The first-order valence-corrected chi connectivity index (χ1v) is 3.74. The number of hydrogen-bond donors (Lipinski definition) is 3. The van der Waals surface area contributed by atoms with Crippen LogP contribution in [0.1, 0.15) is 13.8 Å². The quantitative estimate of drug-likeness (QED) is 0.404. The summed E-state index contributed by atoms with van der Waals surface area (Å²) in [5.74, 6) is -0.883. The molecule has 4 heteroatoms. The number of carboxylic acid groups (broad SMARTS) is 1. The van der Waals surface area contributed by atoms with Gasteiger partial charge in [-0.1, -0.05) is 12.2 Å². The maximum absolute atomic E-state index is 10.0. The zero-order valence-corrected chi connectivity index (χ0v) is 7.37. The van der Waals surface area contributed by atoms with E-state index in [1.807, 2.05) is 0 Å². The molecule has 0 aliphatic rings. The summed E-state index contributed by atoms with van der Waals surface area (Å²) in [4.78, 5) is 10.0. The third-order valence-electron chi connectivity index (χ3n) is 1.06. The van der Waals surface area contributed by atoms with Crippen molar-refractivity contribution in [3.8, 4) is 0 Å². The van der Waals surface area contributed by atoms with E-state index in [2.05, 4.69) is 5.32 Å². The fourth-order valence-electron chi connectivity index (χ4n) is 0.610. The second kappa shape index (κ2) is 4.90. The fourth-order valence-corrected chi connectivity index (χ4v) is 0.610. The van der Waals surface area contributed by atoms with Crippen molar-refractivity contribution in [3.05, 3.63) is 12.2 Å². The Morgan fingerprint density at radius 3 is 2.58 bits per heavy atom. The molecule has 0 bridgehead atoms. The highest BCUT2D eigenvalue weighted by atomic mass is 16.4. The average Bonchev–Trinajstić information content (AvgIpc) is 1.83. The van der Waals surface area contributed by atoms with Crippen LogP contribution in [0.2, 0.25) is 0 Å². The number of nitrogens with one attached hydrogen (secondary N) is 1. The molecule has 0 radical (unpaired) electrons. The van der Waals surface area contributed by atoms with E-state index in [1.54, 1.807) is 26.0 Å². The minimum atomic E-state index is -0.883. The number of aliphatic carboxylic acids is 1. The lowest BCUT2D eigenvalue weighted by Crippen LogP contribution is -2.23. The van der Waals surface area contributed by atoms with Gasteiger partial charge in [0.1, 0.15) is 0 Å². The summed E-state index contributed by atoms with van der Waals surface area (Å²) in [7, 11) is 0. The number of carboxylic acids is 1. The number of hydrogen-bond acceptors (Lipinski definition) is 3. The summed E-state index contributed by atoms with van der Waals surface area (Å²) in [5.41, 5.74) is -0.828. The van der Waals surface area contributed by atoms with Gasteiger partial charge >= 0.3 is 5.97 Å². The molecule has 0 saturated heterocycles.